The molecule has 0 spiro atoms. The molecule has 2 rings (SSSR count). The molecule has 2 heterocycles. The quantitative estimate of drug-likeness (QED) is 0.0242. The van der Waals surface area contributed by atoms with E-state index in [0.29, 0.717) is 12.8 Å². The highest BCUT2D eigenvalue weighted by atomic mass is 16.7. The third kappa shape index (κ3) is 25.2. The molecular formula is C52H89NO13. The second-order valence-electron chi connectivity index (χ2n) is 17.6. The normalized spacial score (nSPS) is 27.4. The van der Waals surface area contributed by atoms with Crippen molar-refractivity contribution in [3.63, 3.8) is 0 Å². The third-order valence-electron chi connectivity index (χ3n) is 11.9. The summed E-state index contributed by atoms with van der Waals surface area (Å²) in [6.45, 7) is 2.66. The van der Waals surface area contributed by atoms with Gasteiger partial charge in [-0.25, -0.2) is 0 Å². The fourth-order valence-electron chi connectivity index (χ4n) is 7.83. The van der Waals surface area contributed by atoms with Crippen LogP contribution in [-0.4, -0.2) is 140 Å². The Bertz CT molecular complexity index is 1380. The van der Waals surface area contributed by atoms with Crippen LogP contribution in [0.25, 0.3) is 0 Å². The van der Waals surface area contributed by atoms with Crippen molar-refractivity contribution in [2.75, 3.05) is 19.8 Å². The largest absolute Gasteiger partial charge is 0.394 e. The maximum Gasteiger partial charge on any atom is 0.220 e. The van der Waals surface area contributed by atoms with Crippen LogP contribution in [0.2, 0.25) is 0 Å². The molecule has 0 aromatic heterocycles. The van der Waals surface area contributed by atoms with Gasteiger partial charge in [-0.3, -0.25) is 4.79 Å². The van der Waals surface area contributed by atoms with E-state index < -0.39 is 86.8 Å². The van der Waals surface area contributed by atoms with Gasteiger partial charge in [-0.1, -0.05) is 157 Å². The van der Waals surface area contributed by atoms with Crippen molar-refractivity contribution >= 4 is 5.91 Å². The number of hydrogen-bond acceptors (Lipinski definition) is 13. The van der Waals surface area contributed by atoms with Gasteiger partial charge >= 0.3 is 0 Å². The summed E-state index contributed by atoms with van der Waals surface area (Å²) >= 11 is 0. The van der Waals surface area contributed by atoms with Crippen LogP contribution in [0.4, 0.5) is 0 Å². The maximum absolute atomic E-state index is 13.2. The highest BCUT2D eigenvalue weighted by molar-refractivity contribution is 5.76. The third-order valence-corrected chi connectivity index (χ3v) is 11.9. The molecule has 1 amide bonds. The first-order chi connectivity index (χ1) is 32.1. The van der Waals surface area contributed by atoms with Crippen molar-refractivity contribution < 1.29 is 64.6 Å². The van der Waals surface area contributed by atoms with Crippen LogP contribution in [0.3, 0.4) is 0 Å². The Kier molecular flexibility index (Phi) is 34.6. The Balaban J connectivity index is 1.79. The van der Waals surface area contributed by atoms with Gasteiger partial charge < -0.3 is 65.1 Å². The molecule has 2 aliphatic rings. The number of amides is 1. The smallest absolute Gasteiger partial charge is 0.220 e. The van der Waals surface area contributed by atoms with Gasteiger partial charge in [-0.05, 0) is 64.2 Å². The Labute approximate surface area is 396 Å². The van der Waals surface area contributed by atoms with Crippen LogP contribution in [0.1, 0.15) is 155 Å². The fourth-order valence-corrected chi connectivity index (χ4v) is 7.83. The number of hydrogen-bond donors (Lipinski definition) is 9. The first kappa shape index (κ1) is 59.6. The van der Waals surface area contributed by atoms with E-state index >= 15 is 0 Å². The van der Waals surface area contributed by atoms with Gasteiger partial charge in [0.15, 0.2) is 12.6 Å². The van der Waals surface area contributed by atoms with E-state index in [0.717, 1.165) is 89.9 Å². The van der Waals surface area contributed by atoms with Crippen molar-refractivity contribution in [3.8, 4) is 0 Å². The summed E-state index contributed by atoms with van der Waals surface area (Å²) in [7, 11) is 0. The molecule has 14 nitrogen and oxygen atoms in total. The molecular weight excluding hydrogens is 847 g/mol. The molecule has 12 atom stereocenters. The van der Waals surface area contributed by atoms with Crippen LogP contribution in [0, 0.1) is 0 Å². The Morgan fingerprint density at radius 3 is 1.61 bits per heavy atom. The van der Waals surface area contributed by atoms with Gasteiger partial charge in [-0.2, -0.15) is 0 Å². The summed E-state index contributed by atoms with van der Waals surface area (Å²) in [6.07, 6.45) is 30.6. The average Bonchev–Trinajstić information content (AvgIpc) is 3.31. The number of unbranched alkanes of at least 4 members (excludes halogenated alkanes) is 12. The molecule has 0 radical (unpaired) electrons. The average molecular weight is 936 g/mol. The van der Waals surface area contributed by atoms with Gasteiger partial charge in [0.05, 0.1) is 32.0 Å². The van der Waals surface area contributed by atoms with Crippen molar-refractivity contribution in [2.24, 2.45) is 0 Å². The molecule has 9 N–H and O–H groups in total. The molecule has 2 saturated heterocycles. The Morgan fingerprint density at radius 1 is 0.561 bits per heavy atom. The topological polar surface area (TPSA) is 228 Å². The number of carbonyl (C=O) groups excluding carboxylic acids is 1. The van der Waals surface area contributed by atoms with Gasteiger partial charge in [0.2, 0.25) is 5.91 Å². The monoisotopic (exact) mass is 936 g/mol. The minimum Gasteiger partial charge on any atom is -0.394 e. The van der Waals surface area contributed by atoms with E-state index in [9.17, 15) is 45.6 Å². The number of allylic oxidation sites excluding steroid dienone is 12. The number of ether oxygens (including phenoxy) is 4. The Morgan fingerprint density at radius 2 is 1.05 bits per heavy atom. The number of aliphatic hydroxyl groups is 8. The lowest BCUT2D eigenvalue weighted by atomic mass is 9.97. The van der Waals surface area contributed by atoms with Crippen LogP contribution in [0.5, 0.6) is 0 Å². The second kappa shape index (κ2) is 38.3. The lowest BCUT2D eigenvalue weighted by Gasteiger charge is -2.46. The molecule has 12 unspecified atom stereocenters. The molecule has 0 aromatic carbocycles. The van der Waals surface area contributed by atoms with E-state index in [1.54, 1.807) is 0 Å². The molecule has 0 bridgehead atoms. The first-order valence-electron chi connectivity index (χ1n) is 25.2. The standard InChI is InChI=1S/C52H89NO13/c1-3-5-7-9-11-13-14-15-16-17-18-19-20-21-22-23-24-25-26-28-30-32-34-36-44(57)53-40(41(56)35-33-31-29-27-12-10-8-6-4-2)39-63-51-49(62)47(60)50(43(38-55)65-51)66-52-48(61)46(59)45(58)42(37-54)64-52/h5,7,11,13,15-16,18-19,21-22,24-25,40-43,45-52,54-56,58-62H,3-4,6,8-10,12,14,17,20,23,26-39H2,1-2H3,(H,53,57)/b7-5-,13-11-,16-15-,19-18-,22-21-,25-24-. The van der Waals surface area contributed by atoms with Crippen LogP contribution < -0.4 is 5.32 Å². The number of rotatable bonds is 37. The molecule has 66 heavy (non-hydrogen) atoms. The molecule has 2 aliphatic heterocycles. The van der Waals surface area contributed by atoms with Gasteiger partial charge in [0, 0.05) is 6.42 Å². The van der Waals surface area contributed by atoms with E-state index in [-0.39, 0.29) is 18.9 Å². The first-order valence-corrected chi connectivity index (χ1v) is 25.2. The van der Waals surface area contributed by atoms with Crippen molar-refractivity contribution in [1.82, 2.24) is 5.32 Å². The van der Waals surface area contributed by atoms with Crippen molar-refractivity contribution in [1.29, 1.82) is 0 Å². The predicted octanol–water partition coefficient (Wildman–Crippen LogP) is 6.43. The predicted molar refractivity (Wildman–Crippen MR) is 258 cm³/mol. The number of aliphatic hydroxyl groups excluding tert-OH is 8. The zero-order chi connectivity index (χ0) is 48.2. The van der Waals surface area contributed by atoms with E-state index in [1.165, 1.54) is 32.1 Å². The van der Waals surface area contributed by atoms with Gasteiger partial charge in [0.1, 0.15) is 48.8 Å². The zero-order valence-electron chi connectivity index (χ0n) is 40.2. The lowest BCUT2D eigenvalue weighted by molar-refractivity contribution is -0.359. The van der Waals surface area contributed by atoms with Crippen LogP contribution in [0.15, 0.2) is 72.9 Å². The molecule has 14 heteroatoms. The second-order valence-corrected chi connectivity index (χ2v) is 17.6. The Hall–Kier alpha value is -2.57. The summed E-state index contributed by atoms with van der Waals surface area (Å²) < 4.78 is 22.7. The molecule has 380 valence electrons. The molecule has 2 fully saturated rings. The number of nitrogens with one attached hydrogen (secondary N) is 1. The van der Waals surface area contributed by atoms with E-state index in [2.05, 4.69) is 92.1 Å². The highest BCUT2D eigenvalue weighted by Crippen LogP contribution is 2.30. The summed E-state index contributed by atoms with van der Waals surface area (Å²) in [5.74, 6) is -0.238. The van der Waals surface area contributed by atoms with E-state index in [4.69, 9.17) is 18.9 Å². The van der Waals surface area contributed by atoms with Gasteiger partial charge in [-0.15, -0.1) is 0 Å². The van der Waals surface area contributed by atoms with Gasteiger partial charge in [0.25, 0.3) is 0 Å². The fraction of sp³-hybridized carbons (Fsp3) is 0.750. The minimum atomic E-state index is -1.79. The minimum absolute atomic E-state index is 0.238. The molecule has 0 saturated carbocycles. The summed E-state index contributed by atoms with van der Waals surface area (Å²) in [4.78, 5) is 13.2. The molecule has 0 aromatic rings. The maximum atomic E-state index is 13.2. The van der Waals surface area contributed by atoms with Crippen LogP contribution >= 0.6 is 0 Å². The summed E-state index contributed by atoms with van der Waals surface area (Å²) in [5, 5.41) is 86.7. The van der Waals surface area contributed by atoms with Crippen LogP contribution in [-0.2, 0) is 23.7 Å². The molecule has 0 aliphatic carbocycles. The summed E-state index contributed by atoms with van der Waals surface area (Å²) in [5.41, 5.74) is 0. The van der Waals surface area contributed by atoms with Crippen molar-refractivity contribution in [3.05, 3.63) is 72.9 Å². The number of carbonyl (C=O) groups is 1. The van der Waals surface area contributed by atoms with Crippen molar-refractivity contribution in [2.45, 2.75) is 229 Å². The van der Waals surface area contributed by atoms with E-state index in [1.807, 2.05) is 0 Å². The highest BCUT2D eigenvalue weighted by Gasteiger charge is 2.51. The lowest BCUT2D eigenvalue weighted by Crippen LogP contribution is -2.65. The zero-order valence-corrected chi connectivity index (χ0v) is 40.2. The summed E-state index contributed by atoms with van der Waals surface area (Å²) in [6, 6.07) is -0.844. The SMILES string of the molecule is CC/C=C\C/C=C\C/C=C\C/C=C\C/C=C\C/C=C\CCCCCCC(=O)NC(COC1OC(CO)C(OC2OC(CO)C(O)C(O)C2O)C(O)C1O)C(O)CCCCCCCCCCC.